The van der Waals surface area contributed by atoms with Crippen molar-refractivity contribution in [2.24, 2.45) is 5.92 Å². The Kier molecular flexibility index (Phi) is 5.80. The first-order chi connectivity index (χ1) is 8.75. The van der Waals surface area contributed by atoms with Crippen LogP contribution < -0.4 is 10.1 Å². The lowest BCUT2D eigenvalue weighted by Crippen LogP contribution is -2.26. The Bertz CT molecular complexity index is 380. The number of rotatable bonds is 6. The standard InChI is InChI=1S/C14H19BrClNO/c15-13-9-12(16)5-6-14(13)18-8-7-17-10-11-3-1-2-4-11/h5-6,9,11,17H,1-4,7-8,10H2. The third-order valence-corrected chi connectivity index (χ3v) is 4.19. The zero-order valence-electron chi connectivity index (χ0n) is 10.4. The predicted molar refractivity (Wildman–Crippen MR) is 79.5 cm³/mol. The van der Waals surface area contributed by atoms with Gasteiger partial charge in [-0.15, -0.1) is 0 Å². The Labute approximate surface area is 122 Å². The summed E-state index contributed by atoms with van der Waals surface area (Å²) in [6.45, 7) is 2.71. The molecular weight excluding hydrogens is 314 g/mol. The Morgan fingerprint density at radius 3 is 2.83 bits per heavy atom. The summed E-state index contributed by atoms with van der Waals surface area (Å²) in [7, 11) is 0. The highest BCUT2D eigenvalue weighted by molar-refractivity contribution is 9.10. The average molecular weight is 333 g/mol. The van der Waals surface area contributed by atoms with Crippen LogP contribution in [-0.4, -0.2) is 19.7 Å². The second kappa shape index (κ2) is 7.37. The van der Waals surface area contributed by atoms with Crippen LogP contribution in [0.1, 0.15) is 25.7 Å². The fourth-order valence-corrected chi connectivity index (χ4v) is 3.14. The molecule has 1 fully saturated rings. The minimum atomic E-state index is 0.687. The van der Waals surface area contributed by atoms with Gasteiger partial charge in [-0.2, -0.15) is 0 Å². The van der Waals surface area contributed by atoms with E-state index in [1.165, 1.54) is 25.7 Å². The summed E-state index contributed by atoms with van der Waals surface area (Å²) in [6.07, 6.45) is 5.58. The van der Waals surface area contributed by atoms with Gasteiger partial charge >= 0.3 is 0 Å². The highest BCUT2D eigenvalue weighted by Crippen LogP contribution is 2.27. The van der Waals surface area contributed by atoms with Crippen LogP contribution in [0.3, 0.4) is 0 Å². The molecule has 0 saturated heterocycles. The molecule has 18 heavy (non-hydrogen) atoms. The molecule has 1 aliphatic carbocycles. The molecule has 0 radical (unpaired) electrons. The molecule has 0 heterocycles. The van der Waals surface area contributed by atoms with E-state index in [4.69, 9.17) is 16.3 Å². The topological polar surface area (TPSA) is 21.3 Å². The molecule has 0 amide bonds. The number of halogens is 2. The van der Waals surface area contributed by atoms with Gasteiger partial charge in [0.05, 0.1) is 4.47 Å². The molecule has 2 rings (SSSR count). The van der Waals surface area contributed by atoms with Crippen LogP contribution in [0.5, 0.6) is 5.75 Å². The van der Waals surface area contributed by atoms with Gasteiger partial charge in [0.2, 0.25) is 0 Å². The molecule has 0 unspecified atom stereocenters. The van der Waals surface area contributed by atoms with E-state index in [9.17, 15) is 0 Å². The van der Waals surface area contributed by atoms with E-state index in [2.05, 4.69) is 21.2 Å². The second-order valence-electron chi connectivity index (χ2n) is 4.78. The van der Waals surface area contributed by atoms with E-state index in [-0.39, 0.29) is 0 Å². The largest absolute Gasteiger partial charge is 0.491 e. The SMILES string of the molecule is Clc1ccc(OCCNCC2CCCC2)c(Br)c1. The maximum atomic E-state index is 5.88. The first-order valence-corrected chi connectivity index (χ1v) is 7.71. The normalized spacial score (nSPS) is 16.1. The zero-order valence-corrected chi connectivity index (χ0v) is 12.8. The predicted octanol–water partition coefficient (Wildman–Crippen LogP) is 4.26. The van der Waals surface area contributed by atoms with E-state index in [1.807, 2.05) is 18.2 Å². The average Bonchev–Trinajstić information content (AvgIpc) is 2.84. The fourth-order valence-electron chi connectivity index (χ4n) is 2.35. The molecule has 0 atom stereocenters. The van der Waals surface area contributed by atoms with Crippen molar-refractivity contribution in [1.29, 1.82) is 0 Å². The van der Waals surface area contributed by atoms with E-state index in [0.717, 1.165) is 29.2 Å². The lowest BCUT2D eigenvalue weighted by Gasteiger charge is -2.12. The van der Waals surface area contributed by atoms with E-state index < -0.39 is 0 Å². The zero-order chi connectivity index (χ0) is 12.8. The number of nitrogens with one attached hydrogen (secondary N) is 1. The Balaban J connectivity index is 1.62. The van der Waals surface area contributed by atoms with Crippen LogP contribution in [-0.2, 0) is 0 Å². The summed E-state index contributed by atoms with van der Waals surface area (Å²) in [4.78, 5) is 0. The van der Waals surface area contributed by atoms with Crippen molar-refractivity contribution in [2.75, 3.05) is 19.7 Å². The summed E-state index contributed by atoms with van der Waals surface area (Å²) in [5, 5.41) is 4.18. The summed E-state index contributed by atoms with van der Waals surface area (Å²) in [6, 6.07) is 5.58. The molecule has 1 aromatic rings. The molecule has 0 aliphatic heterocycles. The van der Waals surface area contributed by atoms with Crippen molar-refractivity contribution in [3.63, 3.8) is 0 Å². The molecule has 100 valence electrons. The van der Waals surface area contributed by atoms with Crippen molar-refractivity contribution in [1.82, 2.24) is 5.32 Å². The van der Waals surface area contributed by atoms with Gasteiger partial charge in [0.25, 0.3) is 0 Å². The lowest BCUT2D eigenvalue weighted by atomic mass is 10.1. The third-order valence-electron chi connectivity index (χ3n) is 3.34. The molecular formula is C14H19BrClNO. The molecule has 1 N–H and O–H groups in total. The highest BCUT2D eigenvalue weighted by Gasteiger charge is 2.13. The first-order valence-electron chi connectivity index (χ1n) is 6.54. The van der Waals surface area contributed by atoms with Crippen molar-refractivity contribution >= 4 is 27.5 Å². The van der Waals surface area contributed by atoms with Gasteiger partial charge in [0.1, 0.15) is 12.4 Å². The van der Waals surface area contributed by atoms with Gasteiger partial charge < -0.3 is 10.1 Å². The summed E-state index contributed by atoms with van der Waals surface area (Å²) >= 11 is 9.32. The molecule has 0 spiro atoms. The van der Waals surface area contributed by atoms with Crippen LogP contribution in [0.15, 0.2) is 22.7 Å². The summed E-state index contributed by atoms with van der Waals surface area (Å²) < 4.78 is 6.60. The molecule has 1 aromatic carbocycles. The Morgan fingerprint density at radius 2 is 2.11 bits per heavy atom. The van der Waals surface area contributed by atoms with Crippen LogP contribution in [0.4, 0.5) is 0 Å². The summed E-state index contributed by atoms with van der Waals surface area (Å²) in [5.41, 5.74) is 0. The van der Waals surface area contributed by atoms with Gasteiger partial charge in [-0.05, 0) is 59.4 Å². The van der Waals surface area contributed by atoms with Crippen LogP contribution in [0.25, 0.3) is 0 Å². The maximum Gasteiger partial charge on any atom is 0.133 e. The second-order valence-corrected chi connectivity index (χ2v) is 6.07. The van der Waals surface area contributed by atoms with Crippen molar-refractivity contribution in [3.05, 3.63) is 27.7 Å². The van der Waals surface area contributed by atoms with Crippen LogP contribution in [0, 0.1) is 5.92 Å². The number of hydrogen-bond donors (Lipinski definition) is 1. The van der Waals surface area contributed by atoms with E-state index in [0.29, 0.717) is 11.6 Å². The van der Waals surface area contributed by atoms with Gasteiger partial charge in [-0.1, -0.05) is 24.4 Å². The number of ether oxygens (including phenoxy) is 1. The molecule has 1 aliphatic rings. The van der Waals surface area contributed by atoms with Crippen LogP contribution in [0.2, 0.25) is 5.02 Å². The molecule has 2 nitrogen and oxygen atoms in total. The van der Waals surface area contributed by atoms with Crippen molar-refractivity contribution < 1.29 is 4.74 Å². The van der Waals surface area contributed by atoms with Gasteiger partial charge in [-0.3, -0.25) is 0 Å². The number of hydrogen-bond acceptors (Lipinski definition) is 2. The molecule has 1 saturated carbocycles. The first kappa shape index (κ1) is 14.2. The van der Waals surface area contributed by atoms with Crippen molar-refractivity contribution in [3.8, 4) is 5.75 Å². The molecule has 4 heteroatoms. The third kappa shape index (κ3) is 4.45. The fraction of sp³-hybridized carbons (Fsp3) is 0.571. The van der Waals surface area contributed by atoms with Crippen LogP contribution >= 0.6 is 27.5 Å². The van der Waals surface area contributed by atoms with Crippen molar-refractivity contribution in [2.45, 2.75) is 25.7 Å². The Morgan fingerprint density at radius 1 is 1.33 bits per heavy atom. The quantitative estimate of drug-likeness (QED) is 0.786. The monoisotopic (exact) mass is 331 g/mol. The van der Waals surface area contributed by atoms with E-state index in [1.54, 1.807) is 0 Å². The minimum Gasteiger partial charge on any atom is -0.491 e. The molecule has 0 aromatic heterocycles. The Hall–Kier alpha value is -0.250. The van der Waals surface area contributed by atoms with E-state index >= 15 is 0 Å². The molecule has 0 bridgehead atoms. The smallest absolute Gasteiger partial charge is 0.133 e. The lowest BCUT2D eigenvalue weighted by molar-refractivity contribution is 0.307. The highest BCUT2D eigenvalue weighted by atomic mass is 79.9. The van der Waals surface area contributed by atoms with Gasteiger partial charge in [0, 0.05) is 11.6 Å². The summed E-state index contributed by atoms with van der Waals surface area (Å²) in [5.74, 6) is 1.73. The van der Waals surface area contributed by atoms with Gasteiger partial charge in [-0.25, -0.2) is 0 Å². The number of benzene rings is 1. The van der Waals surface area contributed by atoms with Gasteiger partial charge in [0.15, 0.2) is 0 Å². The minimum absolute atomic E-state index is 0.687. The maximum absolute atomic E-state index is 5.88.